The van der Waals surface area contributed by atoms with Gasteiger partial charge in [-0.2, -0.15) is 0 Å². The van der Waals surface area contributed by atoms with Crippen LogP contribution in [0.3, 0.4) is 0 Å². The number of hydrogen-bond donors (Lipinski definition) is 1. The van der Waals surface area contributed by atoms with Crippen LogP contribution in [0, 0.1) is 5.82 Å². The number of benzene rings is 2. The smallest absolute Gasteiger partial charge is 0.230 e. The fraction of sp³-hybridized carbons (Fsp3) is 0. The van der Waals surface area contributed by atoms with Gasteiger partial charge in [0.1, 0.15) is 11.3 Å². The number of hydrogen-bond acceptors (Lipinski definition) is 3. The molecule has 0 atom stereocenters. The molecule has 1 aromatic heterocycles. The average molecular weight is 386 g/mol. The molecule has 0 saturated heterocycles. The van der Waals surface area contributed by atoms with Crippen LogP contribution in [-0.4, -0.2) is 4.98 Å². The number of aromatic nitrogens is 1. The molecule has 0 saturated carbocycles. The summed E-state index contributed by atoms with van der Waals surface area (Å²) < 4.78 is 20.6. The normalized spacial score (nSPS) is 11.1. The van der Waals surface area contributed by atoms with Gasteiger partial charge in [-0.15, -0.1) is 0 Å². The summed E-state index contributed by atoms with van der Waals surface area (Å²) in [6.07, 6.45) is 0. The van der Waals surface area contributed by atoms with Gasteiger partial charge in [-0.3, -0.25) is 0 Å². The zero-order valence-corrected chi connectivity index (χ0v) is 12.6. The Morgan fingerprint density at radius 2 is 1.95 bits per heavy atom. The van der Waals surface area contributed by atoms with Crippen LogP contribution in [-0.2, 0) is 0 Å². The molecule has 3 rings (SSSR count). The van der Waals surface area contributed by atoms with Gasteiger partial charge in [0.15, 0.2) is 5.58 Å². The van der Waals surface area contributed by atoms with Crippen molar-refractivity contribution in [2.24, 2.45) is 0 Å². The van der Waals surface area contributed by atoms with Crippen molar-refractivity contribution in [3.63, 3.8) is 0 Å². The second-order valence-corrected chi connectivity index (χ2v) is 5.58. The Labute approximate surface area is 124 Å². The molecule has 19 heavy (non-hydrogen) atoms. The van der Waals surface area contributed by atoms with Gasteiger partial charge in [0, 0.05) is 4.47 Å². The maximum absolute atomic E-state index is 13.7. The van der Waals surface area contributed by atoms with E-state index >= 15 is 0 Å². The summed E-state index contributed by atoms with van der Waals surface area (Å²) in [4.78, 5) is 4.28. The van der Waals surface area contributed by atoms with Gasteiger partial charge in [0.25, 0.3) is 0 Å². The van der Waals surface area contributed by atoms with E-state index in [2.05, 4.69) is 36.8 Å². The fourth-order valence-electron chi connectivity index (χ4n) is 1.76. The average Bonchev–Trinajstić information content (AvgIpc) is 2.80. The molecule has 0 amide bonds. The standard InChI is InChI=1S/C13H7Br2FN2O/c14-7-5-9-12(10(15)11(7)17)19-13(18-9)6-3-1-2-4-8(6)16/h1-5H,17H2. The molecular formula is C13H7Br2FN2O. The highest BCUT2D eigenvalue weighted by Crippen LogP contribution is 2.37. The lowest BCUT2D eigenvalue weighted by atomic mass is 10.2. The molecule has 0 spiro atoms. The lowest BCUT2D eigenvalue weighted by molar-refractivity contribution is 0.593. The van der Waals surface area contributed by atoms with Crippen LogP contribution in [0.2, 0.25) is 0 Å². The van der Waals surface area contributed by atoms with E-state index in [-0.39, 0.29) is 11.7 Å². The van der Waals surface area contributed by atoms with E-state index < -0.39 is 0 Å². The van der Waals surface area contributed by atoms with Gasteiger partial charge in [-0.1, -0.05) is 12.1 Å². The lowest BCUT2D eigenvalue weighted by Gasteiger charge is -2.00. The van der Waals surface area contributed by atoms with Gasteiger partial charge in [-0.25, -0.2) is 9.37 Å². The number of fused-ring (bicyclic) bond motifs is 1. The van der Waals surface area contributed by atoms with Gasteiger partial charge in [0.2, 0.25) is 5.89 Å². The topological polar surface area (TPSA) is 52.0 Å². The van der Waals surface area contributed by atoms with Crippen LogP contribution in [0.25, 0.3) is 22.6 Å². The first-order valence-corrected chi connectivity index (χ1v) is 6.95. The number of rotatable bonds is 1. The Morgan fingerprint density at radius 1 is 1.21 bits per heavy atom. The Kier molecular flexibility index (Phi) is 3.06. The molecule has 0 radical (unpaired) electrons. The highest BCUT2D eigenvalue weighted by molar-refractivity contribution is 9.11. The van der Waals surface area contributed by atoms with Gasteiger partial charge in [-0.05, 0) is 50.1 Å². The van der Waals surface area contributed by atoms with E-state index in [1.54, 1.807) is 24.3 Å². The first-order valence-electron chi connectivity index (χ1n) is 5.37. The van der Waals surface area contributed by atoms with Crippen molar-refractivity contribution < 1.29 is 8.81 Å². The van der Waals surface area contributed by atoms with Gasteiger partial charge >= 0.3 is 0 Å². The van der Waals surface area contributed by atoms with Crippen molar-refractivity contribution >= 4 is 48.6 Å². The van der Waals surface area contributed by atoms with E-state index in [1.165, 1.54) is 6.07 Å². The number of halogens is 3. The van der Waals surface area contributed by atoms with Crippen LogP contribution in [0.1, 0.15) is 0 Å². The van der Waals surface area contributed by atoms with E-state index in [9.17, 15) is 4.39 Å². The zero-order chi connectivity index (χ0) is 13.6. The molecule has 2 N–H and O–H groups in total. The third-order valence-corrected chi connectivity index (χ3v) is 4.16. The van der Waals surface area contributed by atoms with Crippen LogP contribution >= 0.6 is 31.9 Å². The lowest BCUT2D eigenvalue weighted by Crippen LogP contribution is -1.88. The van der Waals surface area contributed by atoms with Crippen LogP contribution in [0.15, 0.2) is 43.7 Å². The predicted octanol–water partition coefficient (Wildman–Crippen LogP) is 4.74. The minimum absolute atomic E-state index is 0.228. The number of nitrogen functional groups attached to an aromatic ring is 1. The van der Waals surface area contributed by atoms with Crippen molar-refractivity contribution in [3.05, 3.63) is 45.1 Å². The summed E-state index contributed by atoms with van der Waals surface area (Å²) in [6, 6.07) is 8.07. The summed E-state index contributed by atoms with van der Waals surface area (Å²) >= 11 is 6.69. The second kappa shape index (κ2) is 4.61. The minimum Gasteiger partial charge on any atom is -0.435 e. The van der Waals surface area contributed by atoms with Crippen LogP contribution in [0.5, 0.6) is 0 Å². The predicted molar refractivity (Wildman–Crippen MR) is 79.2 cm³/mol. The Bertz CT molecular complexity index is 786. The Hall–Kier alpha value is -1.40. The molecule has 0 aliphatic heterocycles. The molecule has 0 aliphatic carbocycles. The molecule has 0 bridgehead atoms. The molecule has 0 aliphatic rings. The number of anilines is 1. The van der Waals surface area contributed by atoms with E-state index in [4.69, 9.17) is 10.2 Å². The molecular weight excluding hydrogens is 379 g/mol. The summed E-state index contributed by atoms with van der Waals surface area (Å²) in [5.74, 6) is -0.150. The molecule has 3 nitrogen and oxygen atoms in total. The largest absolute Gasteiger partial charge is 0.435 e. The van der Waals surface area contributed by atoms with Crippen molar-refractivity contribution in [2.75, 3.05) is 5.73 Å². The number of oxazole rings is 1. The van der Waals surface area contributed by atoms with Crippen LogP contribution < -0.4 is 5.73 Å². The summed E-state index contributed by atoms with van der Waals surface area (Å²) in [6.45, 7) is 0. The van der Waals surface area contributed by atoms with E-state index in [0.717, 1.165) is 0 Å². The first-order chi connectivity index (χ1) is 9.08. The highest BCUT2D eigenvalue weighted by Gasteiger charge is 2.16. The third kappa shape index (κ3) is 2.04. The first kappa shape index (κ1) is 12.6. The SMILES string of the molecule is Nc1c(Br)cc2nc(-c3ccccc3F)oc2c1Br. The molecule has 3 aromatic rings. The fourth-order valence-corrected chi connectivity index (χ4v) is 2.94. The monoisotopic (exact) mass is 384 g/mol. The second-order valence-electron chi connectivity index (χ2n) is 3.93. The molecule has 0 unspecified atom stereocenters. The Morgan fingerprint density at radius 3 is 2.68 bits per heavy atom. The Balaban J connectivity index is 2.29. The number of nitrogens with two attached hydrogens (primary N) is 1. The quantitative estimate of drug-likeness (QED) is 0.615. The summed E-state index contributed by atoms with van der Waals surface area (Å²) in [5, 5.41) is 0. The van der Waals surface area contributed by atoms with Crippen LogP contribution in [0.4, 0.5) is 10.1 Å². The third-order valence-electron chi connectivity index (χ3n) is 2.71. The van der Waals surface area contributed by atoms with E-state index in [1.807, 2.05) is 0 Å². The van der Waals surface area contributed by atoms with Gasteiger partial charge in [0.05, 0.1) is 15.7 Å². The highest BCUT2D eigenvalue weighted by atomic mass is 79.9. The molecule has 2 aromatic carbocycles. The van der Waals surface area contributed by atoms with Gasteiger partial charge < -0.3 is 10.2 Å². The zero-order valence-electron chi connectivity index (χ0n) is 9.45. The molecule has 0 fully saturated rings. The molecule has 1 heterocycles. The minimum atomic E-state index is -0.378. The van der Waals surface area contributed by atoms with Crippen molar-refractivity contribution in [1.29, 1.82) is 0 Å². The maximum Gasteiger partial charge on any atom is 0.230 e. The maximum atomic E-state index is 13.7. The molecule has 96 valence electrons. The van der Waals surface area contributed by atoms with Crippen molar-refractivity contribution in [1.82, 2.24) is 4.98 Å². The van der Waals surface area contributed by atoms with Crippen molar-refractivity contribution in [2.45, 2.75) is 0 Å². The summed E-state index contributed by atoms with van der Waals surface area (Å²) in [7, 11) is 0. The van der Waals surface area contributed by atoms with E-state index in [0.29, 0.717) is 31.3 Å². The van der Waals surface area contributed by atoms with Crippen molar-refractivity contribution in [3.8, 4) is 11.5 Å². The number of nitrogens with zero attached hydrogens (tertiary/aromatic N) is 1. The molecule has 6 heteroatoms. The summed E-state index contributed by atoms with van der Waals surface area (Å²) in [5.41, 5.74) is 7.81.